The van der Waals surface area contributed by atoms with Crippen LogP contribution >= 0.6 is 0 Å². The molecule has 3 rings (SSSR count). The van der Waals surface area contributed by atoms with Crippen molar-refractivity contribution in [3.05, 3.63) is 59.4 Å². The number of fused-ring (bicyclic) bond motifs is 1. The van der Waals surface area contributed by atoms with E-state index in [1.165, 1.54) is 11.0 Å². The molecule has 0 saturated carbocycles. The molecule has 0 bridgehead atoms. The Hall–Kier alpha value is -3.99. The van der Waals surface area contributed by atoms with Crippen LogP contribution in [0.2, 0.25) is 0 Å². The number of aliphatic imine (C=N–C) groups is 1. The van der Waals surface area contributed by atoms with E-state index in [9.17, 15) is 19.1 Å². The minimum absolute atomic E-state index is 0.105. The average molecular weight is 444 g/mol. The van der Waals surface area contributed by atoms with Crippen LogP contribution in [0.3, 0.4) is 0 Å². The number of urea groups is 2. The van der Waals surface area contributed by atoms with Crippen LogP contribution in [0.1, 0.15) is 18.1 Å². The number of nitrogens with one attached hydrogen (secondary N) is 2. The van der Waals surface area contributed by atoms with Gasteiger partial charge in [-0.25, -0.2) is 14.0 Å². The van der Waals surface area contributed by atoms with Crippen LogP contribution < -0.4 is 27.0 Å². The number of aliphatic hydroxyl groups is 1. The summed E-state index contributed by atoms with van der Waals surface area (Å²) in [5.41, 5.74) is 10.7. The van der Waals surface area contributed by atoms with Gasteiger partial charge in [-0.3, -0.25) is 9.79 Å². The van der Waals surface area contributed by atoms with E-state index >= 15 is 0 Å². The molecule has 5 amide bonds. The second-order valence-corrected chi connectivity index (χ2v) is 6.92. The van der Waals surface area contributed by atoms with Crippen molar-refractivity contribution in [2.45, 2.75) is 13.0 Å². The van der Waals surface area contributed by atoms with Gasteiger partial charge in [0.25, 0.3) is 0 Å². The quantitative estimate of drug-likeness (QED) is 0.478. The van der Waals surface area contributed by atoms with Gasteiger partial charge in [0.2, 0.25) is 5.91 Å². The zero-order valence-electron chi connectivity index (χ0n) is 17.6. The number of anilines is 2. The number of benzene rings is 2. The van der Waals surface area contributed by atoms with Gasteiger partial charge < -0.3 is 32.1 Å². The molecule has 0 aliphatic carbocycles. The molecule has 1 aliphatic heterocycles. The fraction of sp³-hybridized carbons (Fsp3) is 0.238. The van der Waals surface area contributed by atoms with Gasteiger partial charge in [0.05, 0.1) is 17.5 Å². The summed E-state index contributed by atoms with van der Waals surface area (Å²) in [7, 11) is 1.63. The molecular formula is C21H25FN6O4. The van der Waals surface area contributed by atoms with E-state index in [1.807, 2.05) is 0 Å². The van der Waals surface area contributed by atoms with Crippen molar-refractivity contribution < 1.29 is 23.9 Å². The van der Waals surface area contributed by atoms with Gasteiger partial charge in [-0.1, -0.05) is 12.1 Å². The number of likely N-dealkylation sites (N-methyl/N-ethyl adjacent to an activating group) is 1. The Morgan fingerprint density at radius 1 is 1.22 bits per heavy atom. The van der Waals surface area contributed by atoms with Crippen molar-refractivity contribution in [3.63, 3.8) is 0 Å². The van der Waals surface area contributed by atoms with Crippen LogP contribution in [0, 0.1) is 5.82 Å². The summed E-state index contributed by atoms with van der Waals surface area (Å²) in [6.45, 7) is 1.56. The summed E-state index contributed by atoms with van der Waals surface area (Å²) in [6, 6.07) is 9.87. The lowest BCUT2D eigenvalue weighted by Crippen LogP contribution is -2.34. The highest BCUT2D eigenvalue weighted by Gasteiger charge is 2.24. The number of primary amides is 2. The lowest BCUT2D eigenvalue weighted by Gasteiger charge is -2.19. The second-order valence-electron chi connectivity index (χ2n) is 6.92. The van der Waals surface area contributed by atoms with Crippen LogP contribution in [0.15, 0.2) is 47.5 Å². The Balaban J connectivity index is 0.000000837. The van der Waals surface area contributed by atoms with E-state index in [0.29, 0.717) is 22.6 Å². The molecule has 0 aromatic heterocycles. The number of carbonyl (C=O) groups is 3. The van der Waals surface area contributed by atoms with Crippen molar-refractivity contribution in [2.24, 2.45) is 16.5 Å². The summed E-state index contributed by atoms with van der Waals surface area (Å²) in [5.74, 6) is -0.666. The molecule has 1 aliphatic rings. The smallest absolute Gasteiger partial charge is 0.319 e. The number of rotatable bonds is 4. The zero-order valence-corrected chi connectivity index (χ0v) is 17.6. The highest BCUT2D eigenvalue weighted by Crippen LogP contribution is 2.29. The largest absolute Gasteiger partial charge is 0.392 e. The van der Waals surface area contributed by atoms with Gasteiger partial charge in [-0.2, -0.15) is 0 Å². The number of nitrogens with zero attached hydrogens (tertiary/aromatic N) is 2. The fourth-order valence-corrected chi connectivity index (χ4v) is 2.87. The van der Waals surface area contributed by atoms with Crippen LogP contribution in [-0.4, -0.2) is 55.0 Å². The predicted molar refractivity (Wildman–Crippen MR) is 119 cm³/mol. The van der Waals surface area contributed by atoms with Crippen molar-refractivity contribution >= 4 is 35.1 Å². The van der Waals surface area contributed by atoms with Crippen LogP contribution in [0.25, 0.3) is 0 Å². The Kier molecular flexibility index (Phi) is 8.24. The molecule has 0 saturated heterocycles. The second kappa shape index (κ2) is 10.9. The lowest BCUT2D eigenvalue weighted by atomic mass is 9.99. The van der Waals surface area contributed by atoms with Crippen LogP contribution in [0.4, 0.5) is 25.4 Å². The summed E-state index contributed by atoms with van der Waals surface area (Å²) in [4.78, 5) is 39.1. The fourth-order valence-electron chi connectivity index (χ4n) is 2.87. The number of nitrogens with two attached hydrogens (primary N) is 2. The number of hydrogen-bond acceptors (Lipinski definition) is 5. The molecule has 0 radical (unpaired) electrons. The summed E-state index contributed by atoms with van der Waals surface area (Å²) in [6.07, 6.45) is -0.669. The maximum absolute atomic E-state index is 14.4. The molecule has 7 N–H and O–H groups in total. The third-order valence-corrected chi connectivity index (χ3v) is 4.30. The standard InChI is InChI=1S/C20H21FN4O3.CH4N2O/c1-12(26)10-23-20(28)24-13-7-8-17-15(9-13)19(22-11-18(27)25(17)2)14-5-3-4-6-16(14)21;2-1(3)4/h3-9,12,26H,10-11H2,1-2H3,(H2,23,24,28);(H4,2,3,4). The summed E-state index contributed by atoms with van der Waals surface area (Å²) >= 11 is 0. The molecule has 2 aromatic carbocycles. The summed E-state index contributed by atoms with van der Waals surface area (Å²) < 4.78 is 14.4. The van der Waals surface area contributed by atoms with Gasteiger partial charge in [0.1, 0.15) is 12.4 Å². The molecule has 2 aromatic rings. The van der Waals surface area contributed by atoms with E-state index in [1.54, 1.807) is 50.4 Å². The van der Waals surface area contributed by atoms with Gasteiger partial charge in [-0.15, -0.1) is 0 Å². The maximum Gasteiger partial charge on any atom is 0.319 e. The Morgan fingerprint density at radius 3 is 2.50 bits per heavy atom. The van der Waals surface area contributed by atoms with Crippen LogP contribution in [0.5, 0.6) is 0 Å². The molecule has 0 spiro atoms. The third kappa shape index (κ3) is 6.51. The molecule has 32 heavy (non-hydrogen) atoms. The molecule has 1 heterocycles. The molecular weight excluding hydrogens is 419 g/mol. The van der Waals surface area contributed by atoms with Crippen molar-refractivity contribution in [2.75, 3.05) is 30.4 Å². The highest BCUT2D eigenvalue weighted by atomic mass is 19.1. The normalized spacial score (nSPS) is 13.6. The van der Waals surface area contributed by atoms with Gasteiger partial charge in [0, 0.05) is 30.4 Å². The SMILES string of the molecule is CC(O)CNC(=O)Nc1ccc2c(c1)C(c1ccccc1F)=NCC(=O)N2C.NC(N)=O. The maximum atomic E-state index is 14.4. The third-order valence-electron chi connectivity index (χ3n) is 4.30. The molecule has 1 unspecified atom stereocenters. The number of amides is 5. The van der Waals surface area contributed by atoms with Crippen LogP contribution in [-0.2, 0) is 4.79 Å². The van der Waals surface area contributed by atoms with Crippen molar-refractivity contribution in [1.29, 1.82) is 0 Å². The first-order chi connectivity index (χ1) is 15.1. The molecule has 10 nitrogen and oxygen atoms in total. The average Bonchev–Trinajstić information content (AvgIpc) is 2.83. The van der Waals surface area contributed by atoms with E-state index in [-0.39, 0.29) is 24.6 Å². The Bertz CT molecular complexity index is 1040. The van der Waals surface area contributed by atoms with E-state index in [4.69, 9.17) is 4.79 Å². The number of halogens is 1. The predicted octanol–water partition coefficient (Wildman–Crippen LogP) is 1.17. The first-order valence-electron chi connectivity index (χ1n) is 9.58. The number of aliphatic hydroxyl groups excluding tert-OH is 1. The van der Waals surface area contributed by atoms with Gasteiger partial charge in [-0.05, 0) is 37.3 Å². The van der Waals surface area contributed by atoms with Gasteiger partial charge >= 0.3 is 12.1 Å². The summed E-state index contributed by atoms with van der Waals surface area (Å²) in [5, 5.41) is 14.5. The lowest BCUT2D eigenvalue weighted by molar-refractivity contribution is -0.116. The molecule has 170 valence electrons. The topological polar surface area (TPSA) is 163 Å². The van der Waals surface area contributed by atoms with Crippen molar-refractivity contribution in [3.8, 4) is 0 Å². The first-order valence-corrected chi connectivity index (χ1v) is 9.58. The van der Waals surface area contributed by atoms with E-state index < -0.39 is 24.0 Å². The molecule has 0 fully saturated rings. The monoisotopic (exact) mass is 444 g/mol. The van der Waals surface area contributed by atoms with E-state index in [2.05, 4.69) is 27.1 Å². The first kappa shape index (κ1) is 24.3. The Labute approximate surface area is 184 Å². The number of carbonyl (C=O) groups excluding carboxylic acids is 3. The highest BCUT2D eigenvalue weighted by molar-refractivity contribution is 6.20. The van der Waals surface area contributed by atoms with E-state index in [0.717, 1.165) is 0 Å². The molecule has 11 heteroatoms. The minimum Gasteiger partial charge on any atom is -0.392 e. The van der Waals surface area contributed by atoms with Crippen molar-refractivity contribution in [1.82, 2.24) is 5.32 Å². The number of benzodiazepines with no additional fused rings is 1. The minimum atomic E-state index is -0.833. The molecule has 1 atom stereocenters. The Morgan fingerprint density at radius 2 is 1.88 bits per heavy atom. The zero-order chi connectivity index (χ0) is 23.8. The van der Waals surface area contributed by atoms with Gasteiger partial charge in [0.15, 0.2) is 0 Å². The number of hydrogen-bond donors (Lipinski definition) is 5.